The Kier molecular flexibility index (Phi) is 7.04. The highest BCUT2D eigenvalue weighted by Crippen LogP contribution is 2.35. The Morgan fingerprint density at radius 2 is 1.59 bits per heavy atom. The average molecular weight is 501 g/mol. The summed E-state index contributed by atoms with van der Waals surface area (Å²) in [6.07, 6.45) is 4.00. The number of hydrogen-bond acceptors (Lipinski definition) is 5. The zero-order valence-corrected chi connectivity index (χ0v) is 21.2. The van der Waals surface area contributed by atoms with Crippen molar-refractivity contribution in [2.45, 2.75) is 51.6 Å². The number of aromatic hydroxyl groups is 1. The summed E-state index contributed by atoms with van der Waals surface area (Å²) in [6, 6.07) is 16.5. The topological polar surface area (TPSA) is 88.1 Å². The predicted molar refractivity (Wildman–Crippen MR) is 141 cm³/mol. The molecule has 0 spiro atoms. The summed E-state index contributed by atoms with van der Waals surface area (Å²) >= 11 is 0. The Morgan fingerprint density at radius 3 is 2.30 bits per heavy atom. The number of rotatable bonds is 6. The Hall–Kier alpha value is -4.00. The predicted octanol–water partition coefficient (Wildman–Crippen LogP) is 5.23. The number of phenols is 1. The summed E-state index contributed by atoms with van der Waals surface area (Å²) in [7, 11) is 0. The number of amides is 2. The van der Waals surface area contributed by atoms with E-state index in [4.69, 9.17) is 9.47 Å². The van der Waals surface area contributed by atoms with Crippen LogP contribution in [0, 0.1) is 13.8 Å². The Morgan fingerprint density at radius 1 is 0.892 bits per heavy atom. The van der Waals surface area contributed by atoms with Crippen LogP contribution in [0.15, 0.2) is 60.7 Å². The lowest BCUT2D eigenvalue weighted by Gasteiger charge is -2.33. The third kappa shape index (κ3) is 5.26. The number of nitrogens with one attached hydrogen (secondary N) is 1. The van der Waals surface area contributed by atoms with Crippen molar-refractivity contribution < 1.29 is 24.2 Å². The standard InChI is InChI=1S/C30H32N2O5/c1-19-7-11-24(17-20(19)2)32(30(35)22-10-14-26-27(18-22)37-16-15-36-26)28(21-8-12-25(33)13-9-21)29(34)31-23-5-3-4-6-23/h7-14,17-18,23,28,33H,3-6,15-16H2,1-2H3,(H,31,34)/t28-/m0/s1. The van der Waals surface area contributed by atoms with Gasteiger partial charge < -0.3 is 19.9 Å². The number of nitrogens with zero attached hydrogens (tertiary/aromatic N) is 1. The monoisotopic (exact) mass is 500 g/mol. The third-order valence-electron chi connectivity index (χ3n) is 7.19. The first kappa shape index (κ1) is 24.7. The molecule has 0 bridgehead atoms. The third-order valence-corrected chi connectivity index (χ3v) is 7.19. The van der Waals surface area contributed by atoms with Gasteiger partial charge in [0.2, 0.25) is 5.91 Å². The molecular formula is C30H32N2O5. The molecular weight excluding hydrogens is 468 g/mol. The van der Waals surface area contributed by atoms with Crippen molar-refractivity contribution in [3.8, 4) is 17.2 Å². The van der Waals surface area contributed by atoms with E-state index in [1.54, 1.807) is 35.2 Å². The molecule has 192 valence electrons. The molecule has 1 aliphatic carbocycles. The lowest BCUT2D eigenvalue weighted by molar-refractivity contribution is -0.123. The van der Waals surface area contributed by atoms with E-state index in [0.717, 1.165) is 36.8 Å². The van der Waals surface area contributed by atoms with E-state index in [-0.39, 0.29) is 23.6 Å². The molecule has 3 aromatic carbocycles. The van der Waals surface area contributed by atoms with E-state index in [9.17, 15) is 14.7 Å². The second-order valence-corrected chi connectivity index (χ2v) is 9.79. The second kappa shape index (κ2) is 10.5. The molecule has 5 rings (SSSR count). The highest BCUT2D eigenvalue weighted by molar-refractivity contribution is 6.10. The fourth-order valence-electron chi connectivity index (χ4n) is 5.00. The molecule has 37 heavy (non-hydrogen) atoms. The molecule has 0 aromatic heterocycles. The van der Waals surface area contributed by atoms with Crippen LogP contribution in [-0.4, -0.2) is 36.2 Å². The minimum absolute atomic E-state index is 0.0816. The van der Waals surface area contributed by atoms with E-state index < -0.39 is 6.04 Å². The number of hydrogen-bond donors (Lipinski definition) is 2. The number of carbonyl (C=O) groups excluding carboxylic acids is 2. The molecule has 7 heteroatoms. The number of fused-ring (bicyclic) bond motifs is 1. The van der Waals surface area contributed by atoms with Crippen LogP contribution in [0.25, 0.3) is 0 Å². The highest BCUT2D eigenvalue weighted by atomic mass is 16.6. The van der Waals surface area contributed by atoms with Crippen molar-refractivity contribution in [2.24, 2.45) is 0 Å². The van der Waals surface area contributed by atoms with Gasteiger partial charge in [-0.2, -0.15) is 0 Å². The van der Waals surface area contributed by atoms with Gasteiger partial charge in [-0.05, 0) is 85.8 Å². The second-order valence-electron chi connectivity index (χ2n) is 9.79. The largest absolute Gasteiger partial charge is 0.508 e. The Balaban J connectivity index is 1.62. The smallest absolute Gasteiger partial charge is 0.259 e. The molecule has 1 aliphatic heterocycles. The highest BCUT2D eigenvalue weighted by Gasteiger charge is 2.35. The van der Waals surface area contributed by atoms with E-state index in [2.05, 4.69) is 5.32 Å². The van der Waals surface area contributed by atoms with Crippen LogP contribution < -0.4 is 19.7 Å². The summed E-state index contributed by atoms with van der Waals surface area (Å²) in [5.41, 5.74) is 3.71. The van der Waals surface area contributed by atoms with Crippen molar-refractivity contribution in [1.29, 1.82) is 0 Å². The zero-order chi connectivity index (χ0) is 25.9. The Bertz CT molecular complexity index is 1300. The first-order chi connectivity index (χ1) is 17.9. The lowest BCUT2D eigenvalue weighted by atomic mass is 9.99. The molecule has 0 radical (unpaired) electrons. The summed E-state index contributed by atoms with van der Waals surface area (Å²) < 4.78 is 11.4. The van der Waals surface area contributed by atoms with Gasteiger partial charge in [0.25, 0.3) is 5.91 Å². The van der Waals surface area contributed by atoms with E-state index in [1.807, 2.05) is 32.0 Å². The fourth-order valence-corrected chi connectivity index (χ4v) is 5.00. The molecule has 2 amide bonds. The van der Waals surface area contributed by atoms with Gasteiger partial charge in [-0.15, -0.1) is 0 Å². The van der Waals surface area contributed by atoms with Crippen molar-refractivity contribution >= 4 is 17.5 Å². The van der Waals surface area contributed by atoms with Gasteiger partial charge in [0.05, 0.1) is 0 Å². The van der Waals surface area contributed by atoms with Crippen molar-refractivity contribution in [2.75, 3.05) is 18.1 Å². The number of anilines is 1. The number of ether oxygens (including phenoxy) is 2. The van der Waals surface area contributed by atoms with Crippen LogP contribution in [-0.2, 0) is 4.79 Å². The van der Waals surface area contributed by atoms with Gasteiger partial charge >= 0.3 is 0 Å². The van der Waals surface area contributed by atoms with Gasteiger partial charge in [-0.1, -0.05) is 31.0 Å². The van der Waals surface area contributed by atoms with E-state index >= 15 is 0 Å². The molecule has 1 heterocycles. The number of phenolic OH excluding ortho intramolecular Hbond substituents is 1. The van der Waals surface area contributed by atoms with Crippen LogP contribution >= 0.6 is 0 Å². The first-order valence-electron chi connectivity index (χ1n) is 12.8. The molecule has 1 fully saturated rings. The molecule has 2 aliphatic rings. The van der Waals surface area contributed by atoms with Gasteiger partial charge in [-0.25, -0.2) is 0 Å². The summed E-state index contributed by atoms with van der Waals surface area (Å²) in [6.45, 7) is 4.86. The van der Waals surface area contributed by atoms with Crippen LogP contribution in [0.1, 0.15) is 58.8 Å². The number of carbonyl (C=O) groups is 2. The molecule has 2 N–H and O–H groups in total. The average Bonchev–Trinajstić information content (AvgIpc) is 3.42. The van der Waals surface area contributed by atoms with Crippen LogP contribution in [0.4, 0.5) is 5.69 Å². The SMILES string of the molecule is Cc1ccc(N(C(=O)c2ccc3c(c2)OCCO3)[C@H](C(=O)NC2CCCC2)c2ccc(O)cc2)cc1C. The molecule has 0 unspecified atom stereocenters. The van der Waals surface area contributed by atoms with Crippen LogP contribution in [0.2, 0.25) is 0 Å². The summed E-state index contributed by atoms with van der Waals surface area (Å²) in [5.74, 6) is 0.611. The normalized spacial score (nSPS) is 15.7. The van der Waals surface area contributed by atoms with Crippen LogP contribution in [0.5, 0.6) is 17.2 Å². The molecule has 7 nitrogen and oxygen atoms in total. The minimum Gasteiger partial charge on any atom is -0.508 e. The maximum Gasteiger partial charge on any atom is 0.259 e. The molecule has 1 saturated carbocycles. The molecule has 1 atom stereocenters. The van der Waals surface area contributed by atoms with Gasteiger partial charge in [0.15, 0.2) is 11.5 Å². The Labute approximate surface area is 217 Å². The lowest BCUT2D eigenvalue weighted by Crippen LogP contribution is -2.46. The minimum atomic E-state index is -0.941. The van der Waals surface area contributed by atoms with Crippen molar-refractivity contribution in [1.82, 2.24) is 5.32 Å². The van der Waals surface area contributed by atoms with E-state index in [1.165, 1.54) is 12.1 Å². The summed E-state index contributed by atoms with van der Waals surface area (Å²) in [5, 5.41) is 13.1. The summed E-state index contributed by atoms with van der Waals surface area (Å²) in [4.78, 5) is 29.7. The van der Waals surface area contributed by atoms with E-state index in [0.29, 0.717) is 41.5 Å². The van der Waals surface area contributed by atoms with Gasteiger partial charge in [0.1, 0.15) is 25.0 Å². The quantitative estimate of drug-likeness (QED) is 0.484. The maximum absolute atomic E-state index is 14.3. The van der Waals surface area contributed by atoms with Gasteiger partial charge in [-0.3, -0.25) is 14.5 Å². The van der Waals surface area contributed by atoms with Crippen molar-refractivity contribution in [3.05, 3.63) is 82.9 Å². The maximum atomic E-state index is 14.3. The van der Waals surface area contributed by atoms with Crippen molar-refractivity contribution in [3.63, 3.8) is 0 Å². The first-order valence-corrected chi connectivity index (χ1v) is 12.8. The zero-order valence-electron chi connectivity index (χ0n) is 21.2. The number of aryl methyl sites for hydroxylation is 2. The molecule has 0 saturated heterocycles. The molecule has 3 aromatic rings. The fraction of sp³-hybridized carbons (Fsp3) is 0.333. The van der Waals surface area contributed by atoms with Crippen LogP contribution in [0.3, 0.4) is 0 Å². The number of benzene rings is 3. The van der Waals surface area contributed by atoms with Gasteiger partial charge in [0, 0.05) is 17.3 Å².